The molecule has 0 unspecified atom stereocenters. The maximum Gasteiger partial charge on any atom is 0.294 e. The fourth-order valence-electron chi connectivity index (χ4n) is 3.20. The molecule has 158 valence electrons. The normalized spacial score (nSPS) is 11.0. The van der Waals surface area contributed by atoms with Crippen LogP contribution in [0.15, 0.2) is 94.7 Å². The van der Waals surface area contributed by atoms with Gasteiger partial charge in [0.2, 0.25) is 5.88 Å². The summed E-state index contributed by atoms with van der Waals surface area (Å²) in [5.74, 6) is -0.416. The van der Waals surface area contributed by atoms with Crippen molar-refractivity contribution in [2.24, 2.45) is 4.99 Å². The van der Waals surface area contributed by atoms with Crippen LogP contribution in [0.4, 0.5) is 11.4 Å². The first-order chi connectivity index (χ1) is 15.5. The summed E-state index contributed by atoms with van der Waals surface area (Å²) in [6, 6.07) is 23.5. The standard InChI is InChI=1S/C23H16N4O4S/c28-21-18(15-24-19-13-7-8-14-20(19)27(30)31)22(29)26(17-11-5-2-6-12-17)23(32)25(21)16-9-3-1-4-10-16/h1-15,28H. The van der Waals surface area contributed by atoms with E-state index >= 15 is 0 Å². The van der Waals surface area contributed by atoms with E-state index in [1.165, 1.54) is 27.3 Å². The Balaban J connectivity index is 2.01. The van der Waals surface area contributed by atoms with Gasteiger partial charge in [0.25, 0.3) is 11.2 Å². The lowest BCUT2D eigenvalue weighted by molar-refractivity contribution is -0.384. The van der Waals surface area contributed by atoms with E-state index in [-0.39, 0.29) is 21.7 Å². The third kappa shape index (κ3) is 3.84. The zero-order valence-electron chi connectivity index (χ0n) is 16.5. The van der Waals surface area contributed by atoms with Gasteiger partial charge < -0.3 is 5.11 Å². The molecule has 1 N–H and O–H groups in total. The Labute approximate surface area is 187 Å². The molecule has 4 rings (SSSR count). The van der Waals surface area contributed by atoms with Gasteiger partial charge in [-0.25, -0.2) is 4.99 Å². The first-order valence-electron chi connectivity index (χ1n) is 9.48. The van der Waals surface area contributed by atoms with Gasteiger partial charge in [0.1, 0.15) is 11.3 Å². The molecule has 0 atom stereocenters. The maximum atomic E-state index is 13.3. The Bertz CT molecular complexity index is 1440. The molecule has 0 amide bonds. The summed E-state index contributed by atoms with van der Waals surface area (Å²) in [6.45, 7) is 0. The van der Waals surface area contributed by atoms with Crippen molar-refractivity contribution in [3.63, 3.8) is 0 Å². The van der Waals surface area contributed by atoms with Crippen LogP contribution in [-0.2, 0) is 0 Å². The lowest BCUT2D eigenvalue weighted by Gasteiger charge is -2.16. The Hall–Kier alpha value is -4.37. The van der Waals surface area contributed by atoms with Crippen LogP contribution < -0.4 is 5.56 Å². The predicted molar refractivity (Wildman–Crippen MR) is 124 cm³/mol. The van der Waals surface area contributed by atoms with Crippen LogP contribution in [-0.4, -0.2) is 25.4 Å². The Morgan fingerprint density at radius 3 is 2.00 bits per heavy atom. The molecule has 4 aromatic rings. The minimum atomic E-state index is -0.604. The fourth-order valence-corrected chi connectivity index (χ4v) is 3.58. The van der Waals surface area contributed by atoms with Gasteiger partial charge in [0.05, 0.1) is 16.3 Å². The van der Waals surface area contributed by atoms with E-state index in [9.17, 15) is 20.0 Å². The first kappa shape index (κ1) is 20.9. The molecule has 0 radical (unpaired) electrons. The molecular formula is C23H16N4O4S. The summed E-state index contributed by atoms with van der Waals surface area (Å²) in [5, 5.41) is 22.3. The van der Waals surface area contributed by atoms with E-state index in [0.29, 0.717) is 11.4 Å². The Kier molecular flexibility index (Phi) is 5.73. The van der Waals surface area contributed by atoms with Crippen LogP contribution in [0.5, 0.6) is 5.88 Å². The fraction of sp³-hybridized carbons (Fsp3) is 0. The number of aliphatic imine (C=N–C) groups is 1. The van der Waals surface area contributed by atoms with Gasteiger partial charge in [-0.05, 0) is 42.5 Å². The average molecular weight is 444 g/mol. The number of nitro groups is 1. The van der Waals surface area contributed by atoms with Crippen molar-refractivity contribution >= 4 is 29.8 Å². The zero-order valence-corrected chi connectivity index (χ0v) is 17.3. The van der Waals surface area contributed by atoms with Crippen LogP contribution in [0, 0.1) is 14.9 Å². The Morgan fingerprint density at radius 2 is 1.41 bits per heavy atom. The van der Waals surface area contributed by atoms with Crippen molar-refractivity contribution in [3.05, 3.63) is 116 Å². The molecule has 0 aliphatic carbocycles. The second-order valence-electron chi connectivity index (χ2n) is 6.67. The molecular weight excluding hydrogens is 428 g/mol. The molecule has 8 nitrogen and oxygen atoms in total. The third-order valence-corrected chi connectivity index (χ3v) is 5.07. The molecule has 32 heavy (non-hydrogen) atoms. The van der Waals surface area contributed by atoms with E-state index < -0.39 is 16.4 Å². The summed E-state index contributed by atoms with van der Waals surface area (Å²) >= 11 is 5.56. The number of nitro benzene ring substituents is 1. The van der Waals surface area contributed by atoms with Gasteiger partial charge >= 0.3 is 0 Å². The molecule has 0 saturated heterocycles. The number of hydrogen-bond acceptors (Lipinski definition) is 6. The van der Waals surface area contributed by atoms with E-state index in [1.807, 2.05) is 6.07 Å². The molecule has 0 aliphatic rings. The van der Waals surface area contributed by atoms with Gasteiger partial charge in [0.15, 0.2) is 4.77 Å². The van der Waals surface area contributed by atoms with Gasteiger partial charge in [-0.15, -0.1) is 0 Å². The van der Waals surface area contributed by atoms with Crippen LogP contribution in [0.1, 0.15) is 5.56 Å². The number of hydrogen-bond donors (Lipinski definition) is 1. The molecule has 1 aromatic heterocycles. The topological polar surface area (TPSA) is 103 Å². The molecule has 0 aliphatic heterocycles. The highest BCUT2D eigenvalue weighted by Gasteiger charge is 2.18. The van der Waals surface area contributed by atoms with E-state index in [2.05, 4.69) is 4.99 Å². The molecule has 0 fully saturated rings. The van der Waals surface area contributed by atoms with E-state index in [1.54, 1.807) is 60.7 Å². The molecule has 1 heterocycles. The second-order valence-corrected chi connectivity index (χ2v) is 7.04. The van der Waals surface area contributed by atoms with Crippen LogP contribution >= 0.6 is 12.2 Å². The number of aromatic hydroxyl groups is 1. The Morgan fingerprint density at radius 1 is 0.875 bits per heavy atom. The van der Waals surface area contributed by atoms with Gasteiger partial charge in [-0.2, -0.15) is 0 Å². The lowest BCUT2D eigenvalue weighted by Crippen LogP contribution is -2.27. The predicted octanol–water partition coefficient (Wildman–Crippen LogP) is 4.72. The molecule has 0 saturated carbocycles. The molecule has 0 spiro atoms. The third-order valence-electron chi connectivity index (χ3n) is 4.71. The van der Waals surface area contributed by atoms with E-state index in [0.717, 1.165) is 6.21 Å². The summed E-state index contributed by atoms with van der Waals surface area (Å²) in [7, 11) is 0. The van der Waals surface area contributed by atoms with Crippen molar-refractivity contribution in [2.45, 2.75) is 0 Å². The van der Waals surface area contributed by atoms with Crippen LogP contribution in [0.3, 0.4) is 0 Å². The summed E-state index contributed by atoms with van der Waals surface area (Å²) in [4.78, 5) is 28.2. The van der Waals surface area contributed by atoms with Crippen molar-refractivity contribution in [1.29, 1.82) is 0 Å². The number of para-hydroxylation sites is 4. The van der Waals surface area contributed by atoms with Gasteiger partial charge in [-0.1, -0.05) is 48.5 Å². The van der Waals surface area contributed by atoms with Gasteiger partial charge in [-0.3, -0.25) is 24.0 Å². The molecule has 3 aromatic carbocycles. The minimum absolute atomic E-state index is 0.0521. The summed E-state index contributed by atoms with van der Waals surface area (Å²) < 4.78 is 2.69. The largest absolute Gasteiger partial charge is 0.494 e. The minimum Gasteiger partial charge on any atom is -0.494 e. The summed E-state index contributed by atoms with van der Waals surface area (Å²) in [5.41, 5.74) is 0.115. The number of rotatable bonds is 5. The van der Waals surface area contributed by atoms with Crippen molar-refractivity contribution in [2.75, 3.05) is 0 Å². The quantitative estimate of drug-likeness (QED) is 0.208. The summed E-state index contributed by atoms with van der Waals surface area (Å²) in [6.07, 6.45) is 1.12. The zero-order chi connectivity index (χ0) is 22.7. The average Bonchev–Trinajstić information content (AvgIpc) is 2.80. The highest BCUT2D eigenvalue weighted by molar-refractivity contribution is 7.71. The second kappa shape index (κ2) is 8.78. The molecule has 0 bridgehead atoms. The van der Waals surface area contributed by atoms with Crippen molar-refractivity contribution < 1.29 is 10.0 Å². The highest BCUT2D eigenvalue weighted by atomic mass is 32.1. The van der Waals surface area contributed by atoms with Crippen molar-refractivity contribution in [3.8, 4) is 17.3 Å². The number of aromatic nitrogens is 2. The van der Waals surface area contributed by atoms with Crippen molar-refractivity contribution in [1.82, 2.24) is 9.13 Å². The monoisotopic (exact) mass is 444 g/mol. The SMILES string of the molecule is O=c1c(C=Nc2ccccc2[N+](=O)[O-])c(O)n(-c2ccccc2)c(=S)n1-c1ccccc1. The maximum absolute atomic E-state index is 13.3. The van der Waals surface area contributed by atoms with Crippen LogP contribution in [0.25, 0.3) is 11.4 Å². The first-order valence-corrected chi connectivity index (χ1v) is 9.89. The van der Waals surface area contributed by atoms with Gasteiger partial charge in [0, 0.05) is 12.3 Å². The smallest absolute Gasteiger partial charge is 0.294 e. The number of nitrogens with zero attached hydrogens (tertiary/aromatic N) is 4. The number of benzene rings is 3. The molecule has 9 heteroatoms. The van der Waals surface area contributed by atoms with Crippen LogP contribution in [0.2, 0.25) is 0 Å². The highest BCUT2D eigenvalue weighted by Crippen LogP contribution is 2.27. The lowest BCUT2D eigenvalue weighted by atomic mass is 10.2. The van der Waals surface area contributed by atoms with E-state index in [4.69, 9.17) is 12.2 Å².